The molecule has 1 aromatic carbocycles. The SMILES string of the molecule is O=C(O[C@H]1O[C@H](CO)[C@@H](O)[C@H](O)[C@H]1O)[C@H](O)Cc1ccccc1. The Morgan fingerprint density at radius 1 is 1.13 bits per heavy atom. The third kappa shape index (κ3) is 4.25. The fourth-order valence-electron chi connectivity index (χ4n) is 2.28. The van der Waals surface area contributed by atoms with Gasteiger partial charge in [0.05, 0.1) is 6.61 Å². The summed E-state index contributed by atoms with van der Waals surface area (Å²) in [6.07, 6.45) is -9.13. The summed E-state index contributed by atoms with van der Waals surface area (Å²) in [6, 6.07) is 8.76. The summed E-state index contributed by atoms with van der Waals surface area (Å²) in [4.78, 5) is 11.9. The van der Waals surface area contributed by atoms with E-state index in [-0.39, 0.29) is 6.42 Å². The lowest BCUT2D eigenvalue weighted by atomic mass is 9.99. The highest BCUT2D eigenvalue weighted by Gasteiger charge is 2.45. The molecule has 0 amide bonds. The molecule has 1 aliphatic rings. The van der Waals surface area contributed by atoms with Gasteiger partial charge < -0.3 is 35.0 Å². The Labute approximate surface area is 132 Å². The second-order valence-corrected chi connectivity index (χ2v) is 5.34. The Hall–Kier alpha value is -1.55. The van der Waals surface area contributed by atoms with Gasteiger partial charge in [0, 0.05) is 6.42 Å². The summed E-state index contributed by atoms with van der Waals surface area (Å²) in [6.45, 7) is -0.633. The lowest BCUT2D eigenvalue weighted by Gasteiger charge is -2.39. The molecule has 1 aliphatic heterocycles. The number of carbonyl (C=O) groups excluding carboxylic acids is 1. The molecular formula is C15H20O8. The van der Waals surface area contributed by atoms with Crippen LogP contribution in [0.1, 0.15) is 5.56 Å². The molecule has 1 aromatic rings. The molecular weight excluding hydrogens is 308 g/mol. The molecule has 1 heterocycles. The van der Waals surface area contributed by atoms with Crippen molar-refractivity contribution in [3.05, 3.63) is 35.9 Å². The molecule has 0 spiro atoms. The molecule has 0 radical (unpaired) electrons. The van der Waals surface area contributed by atoms with E-state index in [4.69, 9.17) is 14.6 Å². The van der Waals surface area contributed by atoms with Gasteiger partial charge >= 0.3 is 5.97 Å². The molecule has 1 saturated heterocycles. The van der Waals surface area contributed by atoms with Crippen molar-refractivity contribution in [2.75, 3.05) is 6.61 Å². The number of aliphatic hydroxyl groups is 5. The Morgan fingerprint density at radius 3 is 2.39 bits per heavy atom. The normalized spacial score (nSPS) is 32.3. The molecule has 8 heteroatoms. The van der Waals surface area contributed by atoms with Crippen molar-refractivity contribution in [2.24, 2.45) is 0 Å². The molecule has 6 atom stereocenters. The lowest BCUT2D eigenvalue weighted by Crippen LogP contribution is -2.59. The summed E-state index contributed by atoms with van der Waals surface area (Å²) < 4.78 is 9.88. The fraction of sp³-hybridized carbons (Fsp3) is 0.533. The minimum Gasteiger partial charge on any atom is -0.431 e. The molecule has 0 aliphatic carbocycles. The quantitative estimate of drug-likeness (QED) is 0.389. The van der Waals surface area contributed by atoms with Crippen LogP contribution in [0.5, 0.6) is 0 Å². The highest BCUT2D eigenvalue weighted by atomic mass is 16.7. The van der Waals surface area contributed by atoms with Gasteiger partial charge in [-0.3, -0.25) is 0 Å². The van der Waals surface area contributed by atoms with E-state index >= 15 is 0 Å². The van der Waals surface area contributed by atoms with Crippen molar-refractivity contribution in [3.8, 4) is 0 Å². The van der Waals surface area contributed by atoms with Crippen LogP contribution in [0.15, 0.2) is 30.3 Å². The molecule has 0 aromatic heterocycles. The molecule has 1 fully saturated rings. The Kier molecular flexibility index (Phi) is 6.05. The van der Waals surface area contributed by atoms with Gasteiger partial charge in [-0.2, -0.15) is 0 Å². The first-order valence-electron chi connectivity index (χ1n) is 7.17. The smallest absolute Gasteiger partial charge is 0.337 e. The third-order valence-corrected chi connectivity index (χ3v) is 3.62. The minimum atomic E-state index is -1.69. The summed E-state index contributed by atoms with van der Waals surface area (Å²) in [5, 5.41) is 47.9. The number of ether oxygens (including phenoxy) is 2. The predicted molar refractivity (Wildman–Crippen MR) is 76.0 cm³/mol. The van der Waals surface area contributed by atoms with E-state index in [9.17, 15) is 25.2 Å². The molecule has 23 heavy (non-hydrogen) atoms. The van der Waals surface area contributed by atoms with E-state index < -0.39 is 49.4 Å². The van der Waals surface area contributed by atoms with E-state index in [2.05, 4.69) is 0 Å². The zero-order valence-corrected chi connectivity index (χ0v) is 12.2. The van der Waals surface area contributed by atoms with Crippen LogP contribution < -0.4 is 0 Å². The van der Waals surface area contributed by atoms with Crippen molar-refractivity contribution in [1.29, 1.82) is 0 Å². The van der Waals surface area contributed by atoms with Gasteiger partial charge in [0.25, 0.3) is 0 Å². The maximum atomic E-state index is 11.9. The highest BCUT2D eigenvalue weighted by molar-refractivity contribution is 5.74. The number of esters is 1. The van der Waals surface area contributed by atoms with Gasteiger partial charge in [-0.15, -0.1) is 0 Å². The molecule has 0 saturated carbocycles. The van der Waals surface area contributed by atoms with Gasteiger partial charge in [0.15, 0.2) is 6.10 Å². The van der Waals surface area contributed by atoms with Crippen LogP contribution in [0.2, 0.25) is 0 Å². The Balaban J connectivity index is 1.95. The average molecular weight is 328 g/mol. The number of carbonyl (C=O) groups is 1. The van der Waals surface area contributed by atoms with E-state index in [0.29, 0.717) is 5.56 Å². The van der Waals surface area contributed by atoms with E-state index in [1.54, 1.807) is 30.3 Å². The Bertz CT molecular complexity index is 505. The monoisotopic (exact) mass is 328 g/mol. The fourth-order valence-corrected chi connectivity index (χ4v) is 2.28. The number of rotatable bonds is 5. The van der Waals surface area contributed by atoms with Crippen LogP contribution in [0.4, 0.5) is 0 Å². The number of hydrogen-bond acceptors (Lipinski definition) is 8. The summed E-state index contributed by atoms with van der Waals surface area (Å²) in [7, 11) is 0. The predicted octanol–water partition coefficient (Wildman–Crippen LogP) is -2.07. The maximum absolute atomic E-state index is 11.9. The summed E-state index contributed by atoms with van der Waals surface area (Å²) in [5.41, 5.74) is 0.714. The first-order chi connectivity index (χ1) is 10.9. The summed E-state index contributed by atoms with van der Waals surface area (Å²) >= 11 is 0. The second-order valence-electron chi connectivity index (χ2n) is 5.34. The van der Waals surface area contributed by atoms with Crippen molar-refractivity contribution >= 4 is 5.97 Å². The zero-order chi connectivity index (χ0) is 17.0. The largest absolute Gasteiger partial charge is 0.431 e. The van der Waals surface area contributed by atoms with Gasteiger partial charge in [-0.25, -0.2) is 4.79 Å². The van der Waals surface area contributed by atoms with E-state index in [0.717, 1.165) is 0 Å². The first-order valence-corrected chi connectivity index (χ1v) is 7.17. The third-order valence-electron chi connectivity index (χ3n) is 3.62. The van der Waals surface area contributed by atoms with Crippen LogP contribution in [-0.4, -0.2) is 74.9 Å². The summed E-state index contributed by atoms with van der Waals surface area (Å²) in [5.74, 6) is -1.04. The highest BCUT2D eigenvalue weighted by Crippen LogP contribution is 2.22. The van der Waals surface area contributed by atoms with Crippen molar-refractivity contribution in [2.45, 2.75) is 43.2 Å². The van der Waals surface area contributed by atoms with Crippen molar-refractivity contribution in [1.82, 2.24) is 0 Å². The maximum Gasteiger partial charge on any atom is 0.337 e. The van der Waals surface area contributed by atoms with Crippen LogP contribution in [-0.2, 0) is 20.7 Å². The van der Waals surface area contributed by atoms with Crippen LogP contribution >= 0.6 is 0 Å². The molecule has 0 unspecified atom stereocenters. The molecule has 8 nitrogen and oxygen atoms in total. The molecule has 0 bridgehead atoms. The first kappa shape index (κ1) is 17.8. The number of benzene rings is 1. The molecule has 128 valence electrons. The molecule has 2 rings (SSSR count). The standard InChI is InChI=1S/C15H20O8/c16-7-10-11(18)12(19)13(20)15(22-10)23-14(21)9(17)6-8-4-2-1-3-5-8/h1-5,9-13,15-20H,6-7H2/t9-,10-,11-,12+,13-,15-/m1/s1. The minimum absolute atomic E-state index is 0.0110. The van der Waals surface area contributed by atoms with Gasteiger partial charge in [0.1, 0.15) is 24.4 Å². The van der Waals surface area contributed by atoms with Crippen LogP contribution in [0.3, 0.4) is 0 Å². The topological polar surface area (TPSA) is 137 Å². The van der Waals surface area contributed by atoms with Gasteiger partial charge in [-0.05, 0) is 5.56 Å². The van der Waals surface area contributed by atoms with Crippen LogP contribution in [0, 0.1) is 0 Å². The Morgan fingerprint density at radius 2 is 1.78 bits per heavy atom. The average Bonchev–Trinajstić information content (AvgIpc) is 2.56. The van der Waals surface area contributed by atoms with E-state index in [1.165, 1.54) is 0 Å². The van der Waals surface area contributed by atoms with Crippen molar-refractivity contribution < 1.29 is 39.8 Å². The molecule has 5 N–H and O–H groups in total. The zero-order valence-electron chi connectivity index (χ0n) is 12.2. The second kappa shape index (κ2) is 7.82. The van der Waals surface area contributed by atoms with Gasteiger partial charge in [0.2, 0.25) is 6.29 Å². The van der Waals surface area contributed by atoms with Crippen molar-refractivity contribution in [3.63, 3.8) is 0 Å². The number of aliphatic hydroxyl groups excluding tert-OH is 5. The number of hydrogen-bond donors (Lipinski definition) is 5. The lowest BCUT2D eigenvalue weighted by molar-refractivity contribution is -0.294. The van der Waals surface area contributed by atoms with E-state index in [1.807, 2.05) is 0 Å². The van der Waals surface area contributed by atoms with Gasteiger partial charge in [-0.1, -0.05) is 30.3 Å². The van der Waals surface area contributed by atoms with Crippen LogP contribution in [0.25, 0.3) is 0 Å².